The van der Waals surface area contributed by atoms with E-state index in [4.69, 9.17) is 0 Å². The maximum atomic E-state index is 12.8. The van der Waals surface area contributed by atoms with Gasteiger partial charge in [0.1, 0.15) is 13.4 Å². The molecule has 3 nitrogen and oxygen atoms in total. The molecule has 62 valence electrons. The first-order chi connectivity index (χ1) is 5.65. The Morgan fingerprint density at radius 1 is 1.75 bits per heavy atom. The minimum absolute atomic E-state index is 0.127. The summed E-state index contributed by atoms with van der Waals surface area (Å²) in [6, 6.07) is 1.40. The summed E-state index contributed by atoms with van der Waals surface area (Å²) in [6.07, 6.45) is 1.35. The first-order valence-corrected chi connectivity index (χ1v) is 3.35. The Hall–Kier alpha value is -1.39. The van der Waals surface area contributed by atoms with Gasteiger partial charge in [0.2, 0.25) is 5.95 Å². The lowest BCUT2D eigenvalue weighted by Gasteiger charge is -2.00. The molecule has 0 radical (unpaired) electrons. The van der Waals surface area contributed by atoms with Crippen LogP contribution in [0.3, 0.4) is 0 Å². The molecular formula is C7H7BFNO2. The summed E-state index contributed by atoms with van der Waals surface area (Å²) in [5.74, 6) is -1.50. The van der Waals surface area contributed by atoms with Crippen LogP contribution >= 0.6 is 0 Å². The highest BCUT2D eigenvalue weighted by Crippen LogP contribution is 2.02. The highest BCUT2D eigenvalue weighted by Gasteiger charge is 2.12. The fraction of sp³-hybridized carbons (Fsp3) is 0.143. The lowest BCUT2D eigenvalue weighted by atomic mass is 9.97. The summed E-state index contributed by atoms with van der Waals surface area (Å²) in [4.78, 5) is 14.3. The molecule has 1 heterocycles. The zero-order valence-corrected chi connectivity index (χ0v) is 6.80. The van der Waals surface area contributed by atoms with Crippen LogP contribution in [0.1, 0.15) is 10.4 Å². The predicted octanol–water partition coefficient (Wildman–Crippen LogP) is -0.734. The smallest absolute Gasteiger partial charge is 0.342 e. The number of hydrogen-bond acceptors (Lipinski definition) is 3. The number of carbonyl (C=O) groups is 1. The Morgan fingerprint density at radius 3 is 3.00 bits per heavy atom. The number of hydrogen-bond donors (Lipinski definition) is 0. The normalized spacial score (nSPS) is 9.50. The first kappa shape index (κ1) is 8.71. The number of esters is 1. The van der Waals surface area contributed by atoms with Crippen LogP contribution in [0.4, 0.5) is 4.39 Å². The molecular weight excluding hydrogens is 160 g/mol. The standard InChI is InChI=1S/C7H7BFNO2/c1-12-7(11)5-2-4(8)3-10-6(5)9/h2-3H,8H2,1H3. The van der Waals surface area contributed by atoms with Gasteiger partial charge in [0.05, 0.1) is 7.11 Å². The molecule has 0 aliphatic carbocycles. The summed E-state index contributed by atoms with van der Waals surface area (Å²) < 4.78 is 17.1. The number of methoxy groups -OCH3 is 1. The molecule has 0 aliphatic heterocycles. The zero-order valence-electron chi connectivity index (χ0n) is 6.80. The first-order valence-electron chi connectivity index (χ1n) is 3.35. The molecule has 1 rings (SSSR count). The molecule has 0 bridgehead atoms. The molecule has 0 N–H and O–H groups in total. The molecule has 0 atom stereocenters. The maximum absolute atomic E-state index is 12.8. The van der Waals surface area contributed by atoms with E-state index in [1.165, 1.54) is 19.4 Å². The van der Waals surface area contributed by atoms with Crippen LogP contribution in [0.25, 0.3) is 0 Å². The lowest BCUT2D eigenvalue weighted by molar-refractivity contribution is 0.0594. The second-order valence-corrected chi connectivity index (χ2v) is 2.34. The maximum Gasteiger partial charge on any atom is 0.342 e. The van der Waals surface area contributed by atoms with Crippen molar-refractivity contribution in [2.24, 2.45) is 0 Å². The second kappa shape index (κ2) is 3.34. The highest BCUT2D eigenvalue weighted by molar-refractivity contribution is 6.32. The third-order valence-electron chi connectivity index (χ3n) is 1.38. The van der Waals surface area contributed by atoms with Crippen LogP contribution in [0, 0.1) is 5.95 Å². The molecule has 12 heavy (non-hydrogen) atoms. The van der Waals surface area contributed by atoms with Crippen molar-refractivity contribution in [3.8, 4) is 0 Å². The van der Waals surface area contributed by atoms with Gasteiger partial charge in [-0.05, 0) is 6.07 Å². The van der Waals surface area contributed by atoms with E-state index in [1.807, 2.05) is 0 Å². The van der Waals surface area contributed by atoms with Crippen LogP contribution in [0.2, 0.25) is 0 Å². The van der Waals surface area contributed by atoms with E-state index in [1.54, 1.807) is 7.85 Å². The minimum Gasteiger partial charge on any atom is -0.465 e. The SMILES string of the molecule is Bc1cnc(F)c(C(=O)OC)c1. The van der Waals surface area contributed by atoms with Crippen molar-refractivity contribution in [1.29, 1.82) is 0 Å². The summed E-state index contributed by atoms with van der Waals surface area (Å²) in [5.41, 5.74) is 0.592. The van der Waals surface area contributed by atoms with Crippen LogP contribution in [0.5, 0.6) is 0 Å². The van der Waals surface area contributed by atoms with Crippen molar-refractivity contribution in [3.05, 3.63) is 23.8 Å². The molecule has 0 aliphatic rings. The van der Waals surface area contributed by atoms with Gasteiger partial charge in [-0.2, -0.15) is 4.39 Å². The van der Waals surface area contributed by atoms with Crippen LogP contribution in [0.15, 0.2) is 12.3 Å². The van der Waals surface area contributed by atoms with E-state index < -0.39 is 11.9 Å². The molecule has 0 spiro atoms. The number of ether oxygens (including phenoxy) is 1. The van der Waals surface area contributed by atoms with E-state index in [2.05, 4.69) is 9.72 Å². The van der Waals surface area contributed by atoms with Gasteiger partial charge in [0.15, 0.2) is 0 Å². The van der Waals surface area contributed by atoms with Crippen molar-refractivity contribution in [1.82, 2.24) is 4.98 Å². The summed E-state index contributed by atoms with van der Waals surface area (Å²) in [6.45, 7) is 0. The number of carbonyl (C=O) groups excluding carboxylic acids is 1. The Bertz CT molecular complexity index is 316. The predicted molar refractivity (Wildman–Crippen MR) is 43.7 cm³/mol. The van der Waals surface area contributed by atoms with Crippen LogP contribution < -0.4 is 5.46 Å². The average molecular weight is 167 g/mol. The van der Waals surface area contributed by atoms with Crippen molar-refractivity contribution in [2.45, 2.75) is 0 Å². The second-order valence-electron chi connectivity index (χ2n) is 2.34. The van der Waals surface area contributed by atoms with E-state index in [0.717, 1.165) is 5.46 Å². The van der Waals surface area contributed by atoms with Gasteiger partial charge in [-0.15, -0.1) is 0 Å². The lowest BCUT2D eigenvalue weighted by Crippen LogP contribution is -2.13. The molecule has 0 saturated carbocycles. The Labute approximate surface area is 70.0 Å². The number of aromatic nitrogens is 1. The Balaban J connectivity index is 3.13. The number of nitrogens with zero attached hydrogens (tertiary/aromatic N) is 1. The molecule has 1 aromatic heterocycles. The number of pyridine rings is 1. The van der Waals surface area contributed by atoms with Gasteiger partial charge >= 0.3 is 5.97 Å². The highest BCUT2D eigenvalue weighted by atomic mass is 19.1. The molecule has 5 heteroatoms. The topological polar surface area (TPSA) is 39.2 Å². The van der Waals surface area contributed by atoms with Gasteiger partial charge in [-0.1, -0.05) is 5.46 Å². The van der Waals surface area contributed by atoms with E-state index in [9.17, 15) is 9.18 Å². The van der Waals surface area contributed by atoms with Crippen LogP contribution in [-0.2, 0) is 4.74 Å². The zero-order chi connectivity index (χ0) is 9.14. The minimum atomic E-state index is -0.799. The van der Waals surface area contributed by atoms with Crippen molar-refractivity contribution in [3.63, 3.8) is 0 Å². The van der Waals surface area contributed by atoms with E-state index >= 15 is 0 Å². The largest absolute Gasteiger partial charge is 0.465 e. The van der Waals surface area contributed by atoms with Crippen LogP contribution in [-0.4, -0.2) is 25.9 Å². The third-order valence-corrected chi connectivity index (χ3v) is 1.38. The summed E-state index contributed by atoms with van der Waals surface area (Å²) in [7, 11) is 2.92. The molecule has 0 fully saturated rings. The molecule has 0 aromatic carbocycles. The van der Waals surface area contributed by atoms with Crippen molar-refractivity contribution >= 4 is 19.3 Å². The molecule has 0 amide bonds. The van der Waals surface area contributed by atoms with Gasteiger partial charge in [-0.25, -0.2) is 9.78 Å². The Kier molecular flexibility index (Phi) is 2.42. The number of rotatable bonds is 1. The summed E-state index contributed by atoms with van der Waals surface area (Å²) >= 11 is 0. The van der Waals surface area contributed by atoms with E-state index in [-0.39, 0.29) is 5.56 Å². The number of halogens is 1. The fourth-order valence-corrected chi connectivity index (χ4v) is 0.806. The fourth-order valence-electron chi connectivity index (χ4n) is 0.806. The van der Waals surface area contributed by atoms with E-state index in [0.29, 0.717) is 0 Å². The monoisotopic (exact) mass is 167 g/mol. The van der Waals surface area contributed by atoms with Gasteiger partial charge < -0.3 is 4.74 Å². The van der Waals surface area contributed by atoms with Crippen molar-refractivity contribution < 1.29 is 13.9 Å². The molecule has 1 aromatic rings. The van der Waals surface area contributed by atoms with Crippen molar-refractivity contribution in [2.75, 3.05) is 7.11 Å². The average Bonchev–Trinajstić information content (AvgIpc) is 2.08. The van der Waals surface area contributed by atoms with Gasteiger partial charge in [0, 0.05) is 6.20 Å². The van der Waals surface area contributed by atoms with Gasteiger partial charge in [0.25, 0.3) is 0 Å². The quantitative estimate of drug-likeness (QED) is 0.314. The third kappa shape index (κ3) is 1.61. The van der Waals surface area contributed by atoms with Gasteiger partial charge in [-0.3, -0.25) is 0 Å². The Morgan fingerprint density at radius 2 is 2.42 bits per heavy atom. The molecule has 0 saturated heterocycles. The summed E-state index contributed by atoms with van der Waals surface area (Å²) in [5, 5.41) is 0. The molecule has 0 unspecified atom stereocenters.